The van der Waals surface area contributed by atoms with E-state index in [2.05, 4.69) is 10.6 Å². The Morgan fingerprint density at radius 1 is 1.38 bits per heavy atom. The predicted octanol–water partition coefficient (Wildman–Crippen LogP) is 2.78. The molecule has 21 heavy (non-hydrogen) atoms. The molecule has 116 valence electrons. The number of benzene rings is 1. The van der Waals surface area contributed by atoms with Crippen molar-refractivity contribution >= 4 is 11.7 Å². The highest BCUT2D eigenvalue weighted by Gasteiger charge is 2.39. The number of anilines is 1. The molecule has 2 unspecified atom stereocenters. The molecule has 7 heteroatoms. The third-order valence-electron chi connectivity index (χ3n) is 4.03. The second-order valence-corrected chi connectivity index (χ2v) is 5.58. The number of rotatable bonds is 3. The molecule has 0 bridgehead atoms. The summed E-state index contributed by atoms with van der Waals surface area (Å²) in [7, 11) is 0. The van der Waals surface area contributed by atoms with Crippen molar-refractivity contribution in [1.82, 2.24) is 5.32 Å². The van der Waals surface area contributed by atoms with Crippen LogP contribution in [0, 0.1) is 22.9 Å². The number of nitrogens with one attached hydrogen (secondary N) is 2. The van der Waals surface area contributed by atoms with E-state index in [9.17, 15) is 23.1 Å². The Labute approximate surface area is 120 Å². The molecule has 2 amide bonds. The zero-order chi connectivity index (χ0) is 15.6. The lowest BCUT2D eigenvalue weighted by atomic mass is 9.86. The van der Waals surface area contributed by atoms with Gasteiger partial charge in [-0.25, -0.2) is 18.0 Å². The summed E-state index contributed by atoms with van der Waals surface area (Å²) >= 11 is 0. The summed E-state index contributed by atoms with van der Waals surface area (Å²) in [6.45, 7) is 1.78. The first-order valence-corrected chi connectivity index (χ1v) is 6.69. The first-order chi connectivity index (χ1) is 9.87. The average Bonchev–Trinajstić information content (AvgIpc) is 2.81. The summed E-state index contributed by atoms with van der Waals surface area (Å²) in [6.07, 6.45) is 2.33. The van der Waals surface area contributed by atoms with Gasteiger partial charge in [-0.15, -0.1) is 0 Å². The van der Waals surface area contributed by atoms with Gasteiger partial charge in [0, 0.05) is 11.5 Å². The highest BCUT2D eigenvalue weighted by Crippen LogP contribution is 2.37. The number of carbonyl (C=O) groups excluding carboxylic acids is 1. The van der Waals surface area contributed by atoms with Crippen molar-refractivity contribution < 1.29 is 23.1 Å². The maximum atomic E-state index is 13.5. The number of halogens is 3. The van der Waals surface area contributed by atoms with Crippen LogP contribution < -0.4 is 10.6 Å². The molecule has 0 spiro atoms. The van der Waals surface area contributed by atoms with Crippen molar-refractivity contribution in [2.75, 3.05) is 11.9 Å². The van der Waals surface area contributed by atoms with Gasteiger partial charge in [-0.05, 0) is 25.0 Å². The van der Waals surface area contributed by atoms with Crippen LogP contribution in [0.3, 0.4) is 0 Å². The molecule has 2 atom stereocenters. The molecule has 1 aromatic rings. The number of carbonyl (C=O) groups is 1. The number of hydrogen-bond acceptors (Lipinski definition) is 2. The minimum atomic E-state index is -1.63. The van der Waals surface area contributed by atoms with Crippen LogP contribution in [0.4, 0.5) is 23.7 Å². The fourth-order valence-electron chi connectivity index (χ4n) is 2.61. The minimum absolute atomic E-state index is 0.0719. The quantitative estimate of drug-likeness (QED) is 0.752. The van der Waals surface area contributed by atoms with E-state index in [0.29, 0.717) is 6.42 Å². The molecule has 1 aliphatic carbocycles. The Balaban J connectivity index is 2.04. The third kappa shape index (κ3) is 3.12. The average molecular weight is 302 g/mol. The summed E-state index contributed by atoms with van der Waals surface area (Å²) in [5, 5.41) is 14.2. The predicted molar refractivity (Wildman–Crippen MR) is 71.3 cm³/mol. The molecular formula is C14H17F3N2O2. The monoisotopic (exact) mass is 302 g/mol. The lowest BCUT2D eigenvalue weighted by molar-refractivity contribution is 0.122. The molecule has 1 aromatic carbocycles. The van der Waals surface area contributed by atoms with Crippen LogP contribution in [0.2, 0.25) is 0 Å². The molecule has 1 fully saturated rings. The largest absolute Gasteiger partial charge is 0.396 e. The van der Waals surface area contributed by atoms with Crippen molar-refractivity contribution in [1.29, 1.82) is 0 Å². The first-order valence-electron chi connectivity index (χ1n) is 6.69. The normalized spacial score (nSPS) is 24.9. The SMILES string of the molecule is CC1(CO)CCCC1NC(=O)Nc1ccc(F)c(F)c1F. The van der Waals surface area contributed by atoms with E-state index in [1.165, 1.54) is 0 Å². The van der Waals surface area contributed by atoms with Crippen LogP contribution in [0.15, 0.2) is 12.1 Å². The summed E-state index contributed by atoms with van der Waals surface area (Å²) < 4.78 is 39.3. The van der Waals surface area contributed by atoms with Crippen LogP contribution in [-0.4, -0.2) is 23.8 Å². The molecule has 1 aliphatic rings. The highest BCUT2D eigenvalue weighted by atomic mass is 19.2. The standard InChI is InChI=1S/C14H17F3N2O2/c1-14(7-20)6-2-3-10(14)19-13(21)18-9-5-4-8(15)11(16)12(9)17/h4-5,10,20H,2-3,6-7H2,1H3,(H2,18,19,21). The minimum Gasteiger partial charge on any atom is -0.396 e. The van der Waals surface area contributed by atoms with Crippen LogP contribution in [0.25, 0.3) is 0 Å². The highest BCUT2D eigenvalue weighted by molar-refractivity contribution is 5.89. The van der Waals surface area contributed by atoms with Gasteiger partial charge >= 0.3 is 6.03 Å². The number of aliphatic hydroxyl groups excluding tert-OH is 1. The summed E-state index contributed by atoms with van der Waals surface area (Å²) in [4.78, 5) is 11.8. The fourth-order valence-corrected chi connectivity index (χ4v) is 2.61. The van der Waals surface area contributed by atoms with Gasteiger partial charge in [0.1, 0.15) is 0 Å². The smallest absolute Gasteiger partial charge is 0.319 e. The maximum Gasteiger partial charge on any atom is 0.319 e. The zero-order valence-electron chi connectivity index (χ0n) is 11.5. The van der Waals surface area contributed by atoms with Gasteiger partial charge < -0.3 is 15.7 Å². The lowest BCUT2D eigenvalue weighted by Gasteiger charge is -2.30. The van der Waals surface area contributed by atoms with Crippen LogP contribution >= 0.6 is 0 Å². The molecule has 2 rings (SSSR count). The van der Waals surface area contributed by atoms with Gasteiger partial charge in [-0.1, -0.05) is 13.3 Å². The molecule has 0 radical (unpaired) electrons. The number of urea groups is 1. The number of amides is 2. The molecule has 0 saturated heterocycles. The van der Waals surface area contributed by atoms with Crippen LogP contribution in [0.5, 0.6) is 0 Å². The van der Waals surface area contributed by atoms with Gasteiger partial charge in [0.15, 0.2) is 17.5 Å². The van der Waals surface area contributed by atoms with E-state index in [1.54, 1.807) is 0 Å². The summed E-state index contributed by atoms with van der Waals surface area (Å²) in [5.74, 6) is -4.39. The second kappa shape index (κ2) is 5.93. The van der Waals surface area contributed by atoms with Crippen molar-refractivity contribution in [3.8, 4) is 0 Å². The topological polar surface area (TPSA) is 61.4 Å². The molecule has 0 aromatic heterocycles. The molecule has 1 saturated carbocycles. The first kappa shape index (κ1) is 15.6. The maximum absolute atomic E-state index is 13.5. The fraction of sp³-hybridized carbons (Fsp3) is 0.500. The van der Waals surface area contributed by atoms with Gasteiger partial charge in [-0.3, -0.25) is 0 Å². The third-order valence-corrected chi connectivity index (χ3v) is 4.03. The Morgan fingerprint density at radius 3 is 2.76 bits per heavy atom. The van der Waals surface area contributed by atoms with Gasteiger partial charge in [-0.2, -0.15) is 0 Å². The molecule has 4 nitrogen and oxygen atoms in total. The van der Waals surface area contributed by atoms with E-state index >= 15 is 0 Å². The van der Waals surface area contributed by atoms with E-state index < -0.39 is 34.6 Å². The summed E-state index contributed by atoms with van der Waals surface area (Å²) in [5.41, 5.74) is -0.862. The van der Waals surface area contributed by atoms with Crippen molar-refractivity contribution in [3.05, 3.63) is 29.6 Å². The lowest BCUT2D eigenvalue weighted by Crippen LogP contribution is -2.46. The molecule has 3 N–H and O–H groups in total. The Morgan fingerprint density at radius 2 is 2.10 bits per heavy atom. The Hall–Kier alpha value is -1.76. The van der Waals surface area contributed by atoms with Gasteiger partial charge in [0.05, 0.1) is 12.3 Å². The van der Waals surface area contributed by atoms with Crippen molar-refractivity contribution in [3.63, 3.8) is 0 Å². The Bertz CT molecular complexity index is 553. The summed E-state index contributed by atoms with van der Waals surface area (Å²) in [6, 6.07) is 0.719. The zero-order valence-corrected chi connectivity index (χ0v) is 11.5. The van der Waals surface area contributed by atoms with Crippen LogP contribution in [0.1, 0.15) is 26.2 Å². The van der Waals surface area contributed by atoms with E-state index in [4.69, 9.17) is 0 Å². The van der Waals surface area contributed by atoms with Gasteiger partial charge in [0.25, 0.3) is 0 Å². The van der Waals surface area contributed by atoms with Crippen molar-refractivity contribution in [2.24, 2.45) is 5.41 Å². The molecule has 0 aliphatic heterocycles. The van der Waals surface area contributed by atoms with E-state index in [0.717, 1.165) is 25.0 Å². The number of aliphatic hydroxyl groups is 1. The Kier molecular flexibility index (Phi) is 4.41. The molecular weight excluding hydrogens is 285 g/mol. The molecule has 0 heterocycles. The second-order valence-electron chi connectivity index (χ2n) is 5.58. The van der Waals surface area contributed by atoms with E-state index in [-0.39, 0.29) is 12.6 Å². The van der Waals surface area contributed by atoms with E-state index in [1.807, 2.05) is 6.92 Å². The number of hydrogen-bond donors (Lipinski definition) is 3. The van der Waals surface area contributed by atoms with Crippen LogP contribution in [-0.2, 0) is 0 Å². The van der Waals surface area contributed by atoms with Crippen molar-refractivity contribution in [2.45, 2.75) is 32.2 Å². The van der Waals surface area contributed by atoms with Gasteiger partial charge in [0.2, 0.25) is 0 Å².